The van der Waals surface area contributed by atoms with Crippen LogP contribution in [0.25, 0.3) is 6.08 Å². The van der Waals surface area contributed by atoms with Crippen LogP contribution in [0.3, 0.4) is 0 Å². The molecule has 1 aliphatic rings. The first-order valence-corrected chi connectivity index (χ1v) is 8.01. The highest BCUT2D eigenvalue weighted by atomic mass is 32.1. The number of rotatable bonds is 3. The zero-order valence-corrected chi connectivity index (χ0v) is 13.1. The van der Waals surface area contributed by atoms with Crippen molar-refractivity contribution in [1.29, 1.82) is 5.26 Å². The summed E-state index contributed by atoms with van der Waals surface area (Å²) >= 11 is 1.54. The Hall–Kier alpha value is -2.39. The number of anilines is 1. The van der Waals surface area contributed by atoms with E-state index in [-0.39, 0.29) is 5.91 Å². The summed E-state index contributed by atoms with van der Waals surface area (Å²) in [7, 11) is 1.83. The third-order valence-electron chi connectivity index (χ3n) is 3.67. The lowest BCUT2D eigenvalue weighted by atomic mass is 9.96. The van der Waals surface area contributed by atoms with E-state index in [1.807, 2.05) is 13.2 Å². The molecule has 112 valence electrons. The predicted octanol–water partition coefficient (Wildman–Crippen LogP) is 2.88. The number of nitriles is 1. The van der Waals surface area contributed by atoms with E-state index in [1.165, 1.54) is 22.3 Å². The molecule has 0 bridgehead atoms. The van der Waals surface area contributed by atoms with Crippen LogP contribution >= 0.6 is 11.3 Å². The number of thiophene rings is 1. The summed E-state index contributed by atoms with van der Waals surface area (Å²) in [5.41, 5.74) is 2.64. The van der Waals surface area contributed by atoms with E-state index in [0.29, 0.717) is 10.6 Å². The lowest BCUT2D eigenvalue weighted by Crippen LogP contribution is -2.07. The molecule has 0 fully saturated rings. The van der Waals surface area contributed by atoms with E-state index < -0.39 is 0 Å². The first-order chi connectivity index (χ1) is 10.7. The summed E-state index contributed by atoms with van der Waals surface area (Å²) in [5.74, 6) is -0.223. The van der Waals surface area contributed by atoms with Crippen molar-refractivity contribution < 1.29 is 4.79 Å². The fourth-order valence-corrected chi connectivity index (χ4v) is 3.87. The average molecular weight is 312 g/mol. The standard InChI is InChI=1S/C16H16N4OS/c1-20-10-11(9-18-20)6-7-15(21)19-16-13(8-17)12-4-2-3-5-14(12)22-16/h6-7,9-10H,2-5H2,1H3,(H,19,21)/b7-6-. The molecule has 0 aliphatic heterocycles. The van der Waals surface area contributed by atoms with Crippen molar-refractivity contribution >= 4 is 28.3 Å². The molecule has 22 heavy (non-hydrogen) atoms. The van der Waals surface area contributed by atoms with Crippen LogP contribution < -0.4 is 5.32 Å². The summed E-state index contributed by atoms with van der Waals surface area (Å²) in [6.45, 7) is 0. The lowest BCUT2D eigenvalue weighted by Gasteiger charge is -2.09. The molecule has 3 rings (SSSR count). The highest BCUT2D eigenvalue weighted by Crippen LogP contribution is 2.37. The van der Waals surface area contributed by atoms with Gasteiger partial charge in [-0.15, -0.1) is 11.3 Å². The zero-order valence-electron chi connectivity index (χ0n) is 12.3. The van der Waals surface area contributed by atoms with Gasteiger partial charge in [-0.3, -0.25) is 9.48 Å². The van der Waals surface area contributed by atoms with Crippen molar-refractivity contribution in [3.63, 3.8) is 0 Å². The molecule has 0 saturated heterocycles. The molecule has 5 nitrogen and oxygen atoms in total. The summed E-state index contributed by atoms with van der Waals surface area (Å²) in [6, 6.07) is 2.24. The monoisotopic (exact) mass is 312 g/mol. The molecule has 1 amide bonds. The first kappa shape index (κ1) is 14.5. The Balaban J connectivity index is 1.75. The second-order valence-electron chi connectivity index (χ2n) is 5.30. The Bertz CT molecular complexity index is 779. The molecule has 0 saturated carbocycles. The van der Waals surface area contributed by atoms with Gasteiger partial charge in [0.25, 0.3) is 0 Å². The minimum Gasteiger partial charge on any atom is -0.313 e. The van der Waals surface area contributed by atoms with Crippen molar-refractivity contribution in [1.82, 2.24) is 9.78 Å². The summed E-state index contributed by atoms with van der Waals surface area (Å²) in [6.07, 6.45) is 10.9. The van der Waals surface area contributed by atoms with Crippen molar-refractivity contribution in [2.75, 3.05) is 5.32 Å². The Morgan fingerprint density at radius 1 is 1.50 bits per heavy atom. The Kier molecular flexibility index (Phi) is 4.07. The van der Waals surface area contributed by atoms with E-state index in [1.54, 1.807) is 17.0 Å². The minimum absolute atomic E-state index is 0.223. The molecule has 2 heterocycles. The van der Waals surface area contributed by atoms with Crippen LogP contribution in [0.5, 0.6) is 0 Å². The third-order valence-corrected chi connectivity index (χ3v) is 4.88. The van der Waals surface area contributed by atoms with Gasteiger partial charge >= 0.3 is 0 Å². The van der Waals surface area contributed by atoms with E-state index in [4.69, 9.17) is 0 Å². The second-order valence-corrected chi connectivity index (χ2v) is 6.40. The number of aromatic nitrogens is 2. The van der Waals surface area contributed by atoms with Gasteiger partial charge in [0, 0.05) is 29.8 Å². The van der Waals surface area contributed by atoms with Gasteiger partial charge in [0.1, 0.15) is 11.1 Å². The van der Waals surface area contributed by atoms with Crippen LogP contribution in [0.1, 0.15) is 34.4 Å². The molecule has 6 heteroatoms. The Morgan fingerprint density at radius 2 is 2.32 bits per heavy atom. The molecular formula is C16H16N4OS. The maximum atomic E-state index is 12.0. The van der Waals surface area contributed by atoms with Crippen molar-refractivity contribution in [2.45, 2.75) is 25.7 Å². The molecule has 1 aliphatic carbocycles. The fourth-order valence-electron chi connectivity index (χ4n) is 2.62. The number of nitrogens with one attached hydrogen (secondary N) is 1. The SMILES string of the molecule is Cn1cc(/C=C\C(=O)Nc2sc3c(c2C#N)CCCC3)cn1. The van der Waals surface area contributed by atoms with Crippen LogP contribution in [0.4, 0.5) is 5.00 Å². The van der Waals surface area contributed by atoms with Crippen molar-refractivity contribution in [2.24, 2.45) is 7.05 Å². The number of amides is 1. The number of fused-ring (bicyclic) bond motifs is 1. The van der Waals surface area contributed by atoms with Gasteiger partial charge in [0.2, 0.25) is 5.91 Å². The number of nitrogens with zero attached hydrogens (tertiary/aromatic N) is 3. The summed E-state index contributed by atoms with van der Waals surface area (Å²) in [4.78, 5) is 13.3. The maximum absolute atomic E-state index is 12.0. The van der Waals surface area contributed by atoms with Gasteiger partial charge in [-0.05, 0) is 37.3 Å². The van der Waals surface area contributed by atoms with E-state index in [2.05, 4.69) is 16.5 Å². The lowest BCUT2D eigenvalue weighted by molar-refractivity contribution is -0.111. The van der Waals surface area contributed by atoms with Crippen molar-refractivity contribution in [3.8, 4) is 6.07 Å². The van der Waals surface area contributed by atoms with Gasteiger partial charge in [0.05, 0.1) is 11.8 Å². The second kappa shape index (κ2) is 6.16. The van der Waals surface area contributed by atoms with Gasteiger partial charge in [0.15, 0.2) is 0 Å². The van der Waals surface area contributed by atoms with E-state index in [0.717, 1.165) is 36.8 Å². The average Bonchev–Trinajstić information content (AvgIpc) is 3.08. The quantitative estimate of drug-likeness (QED) is 0.886. The largest absolute Gasteiger partial charge is 0.313 e. The smallest absolute Gasteiger partial charge is 0.249 e. The molecule has 1 N–H and O–H groups in total. The van der Waals surface area contributed by atoms with E-state index in [9.17, 15) is 10.1 Å². The highest BCUT2D eigenvalue weighted by Gasteiger charge is 2.21. The minimum atomic E-state index is -0.223. The topological polar surface area (TPSA) is 70.7 Å². The number of hydrogen-bond donors (Lipinski definition) is 1. The predicted molar refractivity (Wildman–Crippen MR) is 86.5 cm³/mol. The number of hydrogen-bond acceptors (Lipinski definition) is 4. The number of aryl methyl sites for hydroxylation is 2. The molecule has 2 aromatic heterocycles. The molecule has 2 aromatic rings. The first-order valence-electron chi connectivity index (χ1n) is 7.19. The van der Waals surface area contributed by atoms with Crippen LogP contribution in [0, 0.1) is 11.3 Å². The number of carbonyl (C=O) groups excluding carboxylic acids is 1. The normalized spacial score (nSPS) is 13.8. The third kappa shape index (κ3) is 2.95. The van der Waals surface area contributed by atoms with E-state index >= 15 is 0 Å². The Morgan fingerprint density at radius 3 is 3.05 bits per heavy atom. The molecule has 0 atom stereocenters. The van der Waals surface area contributed by atoms with Gasteiger partial charge < -0.3 is 5.32 Å². The fraction of sp³-hybridized carbons (Fsp3) is 0.312. The van der Waals surface area contributed by atoms with Crippen LogP contribution in [0.15, 0.2) is 18.5 Å². The molecule has 0 unspecified atom stereocenters. The van der Waals surface area contributed by atoms with Gasteiger partial charge in [-0.1, -0.05) is 0 Å². The number of carbonyl (C=O) groups is 1. The molecule has 0 aromatic carbocycles. The van der Waals surface area contributed by atoms with Crippen LogP contribution in [-0.4, -0.2) is 15.7 Å². The highest BCUT2D eigenvalue weighted by molar-refractivity contribution is 7.16. The molecular weight excluding hydrogens is 296 g/mol. The Labute approximate surface area is 132 Å². The van der Waals surface area contributed by atoms with Crippen molar-refractivity contribution in [3.05, 3.63) is 40.0 Å². The van der Waals surface area contributed by atoms with Gasteiger partial charge in [-0.25, -0.2) is 0 Å². The molecule has 0 spiro atoms. The summed E-state index contributed by atoms with van der Waals surface area (Å²) in [5, 5.41) is 16.9. The molecule has 0 radical (unpaired) electrons. The van der Waals surface area contributed by atoms with Crippen LogP contribution in [-0.2, 0) is 24.7 Å². The summed E-state index contributed by atoms with van der Waals surface area (Å²) < 4.78 is 1.68. The zero-order chi connectivity index (χ0) is 15.5. The maximum Gasteiger partial charge on any atom is 0.249 e. The van der Waals surface area contributed by atoms with Crippen LogP contribution in [0.2, 0.25) is 0 Å². The van der Waals surface area contributed by atoms with Gasteiger partial charge in [-0.2, -0.15) is 10.4 Å².